The number of amides is 1. The standard InChI is InChI=1S/C12H18N2O/c15-12-7-4-10-14(12)9-3-6-11-5-1-2-8-13-11/h11,13H,1-2,4-5,7-10H2/t11-/m0/s1. The molecule has 0 bridgehead atoms. The van der Waals surface area contributed by atoms with E-state index in [4.69, 9.17) is 0 Å². The third-order valence-electron chi connectivity index (χ3n) is 3.03. The highest BCUT2D eigenvalue weighted by Crippen LogP contribution is 2.08. The Bertz CT molecular complexity index is 284. The highest BCUT2D eigenvalue weighted by molar-refractivity contribution is 5.78. The van der Waals surface area contributed by atoms with Crippen LogP contribution >= 0.6 is 0 Å². The summed E-state index contributed by atoms with van der Waals surface area (Å²) in [5.74, 6) is 6.60. The molecule has 0 saturated carbocycles. The summed E-state index contributed by atoms with van der Waals surface area (Å²) in [6, 6.07) is 0.358. The molecule has 0 aliphatic carbocycles. The van der Waals surface area contributed by atoms with Gasteiger partial charge in [0, 0.05) is 13.0 Å². The molecular weight excluding hydrogens is 188 g/mol. The van der Waals surface area contributed by atoms with E-state index in [2.05, 4.69) is 17.2 Å². The van der Waals surface area contributed by atoms with E-state index in [1.165, 1.54) is 12.8 Å². The smallest absolute Gasteiger partial charge is 0.223 e. The first-order valence-corrected chi connectivity index (χ1v) is 5.86. The minimum Gasteiger partial charge on any atom is -0.332 e. The summed E-state index contributed by atoms with van der Waals surface area (Å²) in [6.07, 6.45) is 5.41. The lowest BCUT2D eigenvalue weighted by molar-refractivity contribution is -0.127. The largest absolute Gasteiger partial charge is 0.332 e. The third kappa shape index (κ3) is 2.97. The van der Waals surface area contributed by atoms with E-state index in [1.807, 2.05) is 4.90 Å². The Hall–Kier alpha value is -1.01. The maximum atomic E-state index is 11.3. The molecule has 2 aliphatic heterocycles. The van der Waals surface area contributed by atoms with Gasteiger partial charge in [-0.2, -0.15) is 0 Å². The van der Waals surface area contributed by atoms with Crippen LogP contribution in [0.4, 0.5) is 0 Å². The van der Waals surface area contributed by atoms with Gasteiger partial charge in [-0.15, -0.1) is 0 Å². The number of piperidine rings is 1. The molecule has 2 rings (SSSR count). The van der Waals surface area contributed by atoms with Crippen LogP contribution in [0.15, 0.2) is 0 Å². The van der Waals surface area contributed by atoms with Crippen LogP contribution in [0, 0.1) is 11.8 Å². The first kappa shape index (κ1) is 10.5. The van der Waals surface area contributed by atoms with E-state index in [0.29, 0.717) is 19.0 Å². The molecule has 0 aromatic carbocycles. The molecule has 2 fully saturated rings. The number of rotatable bonds is 1. The van der Waals surface area contributed by atoms with Gasteiger partial charge in [-0.25, -0.2) is 0 Å². The second kappa shape index (κ2) is 5.18. The zero-order chi connectivity index (χ0) is 10.5. The van der Waals surface area contributed by atoms with Gasteiger partial charge in [0.25, 0.3) is 0 Å². The summed E-state index contributed by atoms with van der Waals surface area (Å²) >= 11 is 0. The Morgan fingerprint density at radius 2 is 2.33 bits per heavy atom. The van der Waals surface area contributed by atoms with Gasteiger partial charge in [0.05, 0.1) is 12.6 Å². The average Bonchev–Trinajstić information content (AvgIpc) is 2.66. The topological polar surface area (TPSA) is 32.3 Å². The van der Waals surface area contributed by atoms with E-state index < -0.39 is 0 Å². The van der Waals surface area contributed by atoms with Gasteiger partial charge in [0.1, 0.15) is 0 Å². The molecule has 2 aliphatic rings. The lowest BCUT2D eigenvalue weighted by Gasteiger charge is -2.18. The van der Waals surface area contributed by atoms with Gasteiger partial charge in [-0.3, -0.25) is 4.79 Å². The summed E-state index contributed by atoms with van der Waals surface area (Å²) in [6.45, 7) is 2.60. The second-order valence-electron chi connectivity index (χ2n) is 4.24. The van der Waals surface area contributed by atoms with Crippen LogP contribution in [0.3, 0.4) is 0 Å². The predicted molar refractivity (Wildman–Crippen MR) is 59.2 cm³/mol. The van der Waals surface area contributed by atoms with Gasteiger partial charge < -0.3 is 10.2 Å². The Kier molecular flexibility index (Phi) is 3.63. The normalized spacial score (nSPS) is 26.3. The minimum absolute atomic E-state index is 0.265. The molecule has 2 saturated heterocycles. The molecular formula is C12H18N2O. The van der Waals surface area contributed by atoms with Gasteiger partial charge in [0.2, 0.25) is 5.91 Å². The fourth-order valence-electron chi connectivity index (χ4n) is 2.11. The number of carbonyl (C=O) groups is 1. The SMILES string of the molecule is O=C1CCCN1CC#C[C@@H]1CCCCN1. The van der Waals surface area contributed by atoms with E-state index >= 15 is 0 Å². The monoisotopic (exact) mass is 206 g/mol. The fraction of sp³-hybridized carbons (Fsp3) is 0.750. The van der Waals surface area contributed by atoms with Crippen LogP contribution in [0.1, 0.15) is 32.1 Å². The number of nitrogens with one attached hydrogen (secondary N) is 1. The predicted octanol–water partition coefficient (Wildman–Crippen LogP) is 0.754. The summed E-state index contributed by atoms with van der Waals surface area (Å²) in [7, 11) is 0. The first-order chi connectivity index (χ1) is 7.36. The quantitative estimate of drug-likeness (QED) is 0.642. The lowest BCUT2D eigenvalue weighted by Crippen LogP contribution is -2.33. The van der Waals surface area contributed by atoms with Crippen molar-refractivity contribution in [1.29, 1.82) is 0 Å². The van der Waals surface area contributed by atoms with Gasteiger partial charge in [0.15, 0.2) is 0 Å². The van der Waals surface area contributed by atoms with Crippen LogP contribution < -0.4 is 5.32 Å². The zero-order valence-electron chi connectivity index (χ0n) is 9.09. The summed E-state index contributed by atoms with van der Waals surface area (Å²) in [4.78, 5) is 13.2. The van der Waals surface area contributed by atoms with Crippen LogP contribution in [0.2, 0.25) is 0 Å². The van der Waals surface area contributed by atoms with Crippen molar-refractivity contribution < 1.29 is 4.79 Å². The van der Waals surface area contributed by atoms with Crippen molar-refractivity contribution >= 4 is 5.91 Å². The summed E-state index contributed by atoms with van der Waals surface area (Å²) < 4.78 is 0. The third-order valence-corrected chi connectivity index (χ3v) is 3.03. The van der Waals surface area contributed by atoms with Crippen LogP contribution in [-0.4, -0.2) is 36.5 Å². The molecule has 0 aromatic heterocycles. The van der Waals surface area contributed by atoms with Gasteiger partial charge >= 0.3 is 0 Å². The van der Waals surface area contributed by atoms with Crippen molar-refractivity contribution in [2.24, 2.45) is 0 Å². The maximum Gasteiger partial charge on any atom is 0.223 e. The number of nitrogens with zero attached hydrogens (tertiary/aromatic N) is 1. The highest BCUT2D eigenvalue weighted by Gasteiger charge is 2.18. The Morgan fingerprint density at radius 3 is 3.00 bits per heavy atom. The van der Waals surface area contributed by atoms with Crippen molar-refractivity contribution in [3.8, 4) is 11.8 Å². The van der Waals surface area contributed by atoms with E-state index in [1.54, 1.807) is 0 Å². The molecule has 3 heteroatoms. The molecule has 1 atom stereocenters. The van der Waals surface area contributed by atoms with Crippen molar-refractivity contribution in [2.75, 3.05) is 19.6 Å². The summed E-state index contributed by atoms with van der Waals surface area (Å²) in [5, 5.41) is 3.38. The Balaban J connectivity index is 1.76. The molecule has 0 radical (unpaired) electrons. The Morgan fingerprint density at radius 1 is 1.40 bits per heavy atom. The minimum atomic E-state index is 0.265. The Labute approximate surface area is 91.2 Å². The molecule has 0 aromatic rings. The number of hydrogen-bond acceptors (Lipinski definition) is 2. The van der Waals surface area contributed by atoms with Crippen LogP contribution in [0.5, 0.6) is 0 Å². The second-order valence-corrected chi connectivity index (χ2v) is 4.24. The summed E-state index contributed by atoms with van der Waals surface area (Å²) in [5.41, 5.74) is 0. The van der Waals surface area contributed by atoms with Crippen LogP contribution in [-0.2, 0) is 4.79 Å². The maximum absolute atomic E-state index is 11.3. The fourth-order valence-corrected chi connectivity index (χ4v) is 2.11. The van der Waals surface area contributed by atoms with Gasteiger partial charge in [-0.05, 0) is 32.2 Å². The lowest BCUT2D eigenvalue weighted by atomic mass is 10.1. The molecule has 0 spiro atoms. The molecule has 82 valence electrons. The molecule has 3 nitrogen and oxygen atoms in total. The average molecular weight is 206 g/mol. The number of likely N-dealkylation sites (tertiary alicyclic amines) is 1. The zero-order valence-corrected chi connectivity index (χ0v) is 9.09. The first-order valence-electron chi connectivity index (χ1n) is 5.86. The van der Waals surface area contributed by atoms with Crippen molar-refractivity contribution in [2.45, 2.75) is 38.1 Å². The molecule has 2 heterocycles. The van der Waals surface area contributed by atoms with Gasteiger partial charge in [-0.1, -0.05) is 11.8 Å². The molecule has 1 N–H and O–H groups in total. The molecule has 0 unspecified atom stereocenters. The van der Waals surface area contributed by atoms with E-state index in [0.717, 1.165) is 25.9 Å². The molecule has 1 amide bonds. The van der Waals surface area contributed by atoms with Crippen molar-refractivity contribution in [1.82, 2.24) is 10.2 Å². The highest BCUT2D eigenvalue weighted by atomic mass is 16.2. The number of carbonyl (C=O) groups excluding carboxylic acids is 1. The number of hydrogen-bond donors (Lipinski definition) is 1. The van der Waals surface area contributed by atoms with E-state index in [9.17, 15) is 4.79 Å². The van der Waals surface area contributed by atoms with Crippen molar-refractivity contribution in [3.63, 3.8) is 0 Å². The molecule has 15 heavy (non-hydrogen) atoms. The van der Waals surface area contributed by atoms with E-state index in [-0.39, 0.29) is 5.91 Å². The van der Waals surface area contributed by atoms with Crippen LogP contribution in [0.25, 0.3) is 0 Å². The van der Waals surface area contributed by atoms with Crippen molar-refractivity contribution in [3.05, 3.63) is 0 Å².